The zero-order valence-electron chi connectivity index (χ0n) is 4.44. The van der Waals surface area contributed by atoms with Crippen molar-refractivity contribution in [3.63, 3.8) is 0 Å². The third kappa shape index (κ3) is 2.20. The van der Waals surface area contributed by atoms with Crippen molar-refractivity contribution in [3.05, 3.63) is 27.7 Å². The van der Waals surface area contributed by atoms with Crippen LogP contribution >= 0.6 is 40.2 Å². The molecule has 48 valence electrons. The molecule has 1 aromatic carbocycles. The monoisotopic (exact) mass is 222 g/mol. The standard InChI is InChI=1S/C6H4BrClS/c7-4-1-5(8)3-6(9)2-4/h1-3,9H. The summed E-state index contributed by atoms with van der Waals surface area (Å²) < 4.78 is 0.958. The Bertz CT molecular complexity index is 174. The summed E-state index contributed by atoms with van der Waals surface area (Å²) in [6.07, 6.45) is 0. The number of benzene rings is 1. The van der Waals surface area contributed by atoms with Crippen LogP contribution in [-0.4, -0.2) is 0 Å². The van der Waals surface area contributed by atoms with Gasteiger partial charge < -0.3 is 0 Å². The maximum atomic E-state index is 5.67. The fraction of sp³-hybridized carbons (Fsp3) is 0. The van der Waals surface area contributed by atoms with E-state index in [9.17, 15) is 0 Å². The molecule has 3 heteroatoms. The van der Waals surface area contributed by atoms with Crippen molar-refractivity contribution in [1.82, 2.24) is 0 Å². The van der Waals surface area contributed by atoms with Gasteiger partial charge in [0.1, 0.15) is 0 Å². The van der Waals surface area contributed by atoms with E-state index in [0.29, 0.717) is 5.02 Å². The van der Waals surface area contributed by atoms with Gasteiger partial charge in [0.2, 0.25) is 0 Å². The molecular weight excluding hydrogens is 219 g/mol. The molecule has 0 heterocycles. The predicted molar refractivity (Wildman–Crippen MR) is 46.4 cm³/mol. The first-order chi connectivity index (χ1) is 4.18. The molecular formula is C6H4BrClS. The normalized spacial score (nSPS) is 9.67. The van der Waals surface area contributed by atoms with Gasteiger partial charge in [-0.1, -0.05) is 27.5 Å². The summed E-state index contributed by atoms with van der Waals surface area (Å²) in [5.74, 6) is 0. The van der Waals surface area contributed by atoms with Crippen LogP contribution in [0.1, 0.15) is 0 Å². The second-order valence-electron chi connectivity index (χ2n) is 1.63. The Morgan fingerprint density at radius 1 is 1.33 bits per heavy atom. The molecule has 0 saturated carbocycles. The van der Waals surface area contributed by atoms with Gasteiger partial charge in [0.15, 0.2) is 0 Å². The van der Waals surface area contributed by atoms with Gasteiger partial charge in [0, 0.05) is 14.4 Å². The molecule has 0 aromatic heterocycles. The van der Waals surface area contributed by atoms with E-state index in [1.165, 1.54) is 0 Å². The average Bonchev–Trinajstić information content (AvgIpc) is 1.59. The Balaban J connectivity index is 3.17. The highest BCUT2D eigenvalue weighted by Crippen LogP contribution is 2.21. The Kier molecular flexibility index (Phi) is 2.44. The lowest BCUT2D eigenvalue weighted by atomic mass is 10.4. The van der Waals surface area contributed by atoms with E-state index < -0.39 is 0 Å². The Hall–Kier alpha value is 0.340. The highest BCUT2D eigenvalue weighted by atomic mass is 79.9. The van der Waals surface area contributed by atoms with E-state index in [-0.39, 0.29) is 0 Å². The summed E-state index contributed by atoms with van der Waals surface area (Å²) in [6, 6.07) is 5.49. The maximum absolute atomic E-state index is 5.67. The minimum atomic E-state index is 0.703. The fourth-order valence-electron chi connectivity index (χ4n) is 0.539. The van der Waals surface area contributed by atoms with Gasteiger partial charge in [0.05, 0.1) is 0 Å². The molecule has 1 rings (SSSR count). The second-order valence-corrected chi connectivity index (χ2v) is 3.50. The van der Waals surface area contributed by atoms with Gasteiger partial charge in [0.25, 0.3) is 0 Å². The Labute approximate surface area is 72.8 Å². The minimum Gasteiger partial charge on any atom is -0.143 e. The molecule has 0 N–H and O–H groups in total. The summed E-state index contributed by atoms with van der Waals surface area (Å²) in [5.41, 5.74) is 0. The maximum Gasteiger partial charge on any atom is 0.0428 e. The van der Waals surface area contributed by atoms with Gasteiger partial charge in [-0.3, -0.25) is 0 Å². The third-order valence-electron chi connectivity index (χ3n) is 0.847. The van der Waals surface area contributed by atoms with Gasteiger partial charge in [-0.25, -0.2) is 0 Å². The van der Waals surface area contributed by atoms with Crippen molar-refractivity contribution in [2.24, 2.45) is 0 Å². The van der Waals surface area contributed by atoms with Crippen molar-refractivity contribution < 1.29 is 0 Å². The molecule has 0 fully saturated rings. The smallest absolute Gasteiger partial charge is 0.0428 e. The molecule has 0 spiro atoms. The average molecular weight is 224 g/mol. The summed E-state index contributed by atoms with van der Waals surface area (Å²) in [5, 5.41) is 0.703. The van der Waals surface area contributed by atoms with Crippen LogP contribution in [0.4, 0.5) is 0 Å². The molecule has 0 saturated heterocycles. The van der Waals surface area contributed by atoms with Crippen molar-refractivity contribution in [2.75, 3.05) is 0 Å². The molecule has 0 aliphatic heterocycles. The summed E-state index contributed by atoms with van der Waals surface area (Å²) in [7, 11) is 0. The van der Waals surface area contributed by atoms with Gasteiger partial charge in [-0.2, -0.15) is 0 Å². The van der Waals surface area contributed by atoms with Crippen LogP contribution in [0.25, 0.3) is 0 Å². The zero-order chi connectivity index (χ0) is 6.85. The van der Waals surface area contributed by atoms with Crippen LogP contribution in [0, 0.1) is 0 Å². The lowest BCUT2D eigenvalue weighted by Gasteiger charge is -1.93. The Morgan fingerprint density at radius 2 is 2.00 bits per heavy atom. The fourth-order valence-corrected chi connectivity index (χ4v) is 1.93. The molecule has 0 bridgehead atoms. The molecule has 0 nitrogen and oxygen atoms in total. The van der Waals surface area contributed by atoms with E-state index >= 15 is 0 Å². The summed E-state index contributed by atoms with van der Waals surface area (Å²) >= 11 is 13.1. The SMILES string of the molecule is Sc1cc(Cl)cc(Br)c1. The lowest BCUT2D eigenvalue weighted by Crippen LogP contribution is -1.67. The number of rotatable bonds is 0. The Morgan fingerprint density at radius 3 is 2.44 bits per heavy atom. The van der Waals surface area contributed by atoms with Gasteiger partial charge in [-0.05, 0) is 18.2 Å². The highest BCUT2D eigenvalue weighted by molar-refractivity contribution is 9.10. The largest absolute Gasteiger partial charge is 0.143 e. The summed E-state index contributed by atoms with van der Waals surface area (Å²) in [6.45, 7) is 0. The number of thiol groups is 1. The van der Waals surface area contributed by atoms with Crippen LogP contribution in [-0.2, 0) is 0 Å². The summed E-state index contributed by atoms with van der Waals surface area (Å²) in [4.78, 5) is 0.870. The van der Waals surface area contributed by atoms with Crippen molar-refractivity contribution in [1.29, 1.82) is 0 Å². The van der Waals surface area contributed by atoms with E-state index in [1.807, 2.05) is 12.1 Å². The predicted octanol–water partition coefficient (Wildman–Crippen LogP) is 3.39. The highest BCUT2D eigenvalue weighted by Gasteiger charge is 1.91. The molecule has 1 aromatic rings. The van der Waals surface area contributed by atoms with E-state index in [0.717, 1.165) is 9.37 Å². The van der Waals surface area contributed by atoms with E-state index in [2.05, 4.69) is 28.6 Å². The molecule has 0 unspecified atom stereocenters. The molecule has 9 heavy (non-hydrogen) atoms. The van der Waals surface area contributed by atoms with Crippen LogP contribution in [0.3, 0.4) is 0 Å². The molecule has 0 radical (unpaired) electrons. The first kappa shape index (κ1) is 7.45. The van der Waals surface area contributed by atoms with Crippen LogP contribution in [0.2, 0.25) is 5.02 Å². The lowest BCUT2D eigenvalue weighted by molar-refractivity contribution is 1.45. The molecule has 0 amide bonds. The molecule has 0 aliphatic rings. The topological polar surface area (TPSA) is 0 Å². The molecule has 0 atom stereocenters. The third-order valence-corrected chi connectivity index (χ3v) is 1.78. The van der Waals surface area contributed by atoms with Gasteiger partial charge in [-0.15, -0.1) is 12.6 Å². The second kappa shape index (κ2) is 2.95. The number of hydrogen-bond donors (Lipinski definition) is 1. The van der Waals surface area contributed by atoms with Crippen LogP contribution in [0.5, 0.6) is 0 Å². The molecule has 0 aliphatic carbocycles. The van der Waals surface area contributed by atoms with Crippen LogP contribution < -0.4 is 0 Å². The van der Waals surface area contributed by atoms with Crippen molar-refractivity contribution in [3.8, 4) is 0 Å². The van der Waals surface area contributed by atoms with Crippen molar-refractivity contribution in [2.45, 2.75) is 4.90 Å². The quantitative estimate of drug-likeness (QED) is 0.641. The van der Waals surface area contributed by atoms with Crippen molar-refractivity contribution >= 4 is 40.2 Å². The van der Waals surface area contributed by atoms with E-state index in [1.54, 1.807) is 6.07 Å². The minimum absolute atomic E-state index is 0.703. The van der Waals surface area contributed by atoms with E-state index in [4.69, 9.17) is 11.6 Å². The van der Waals surface area contributed by atoms with Crippen LogP contribution in [0.15, 0.2) is 27.6 Å². The number of halogens is 2. The number of hydrogen-bond acceptors (Lipinski definition) is 1. The zero-order valence-corrected chi connectivity index (χ0v) is 7.67. The first-order valence-electron chi connectivity index (χ1n) is 2.33. The van der Waals surface area contributed by atoms with Gasteiger partial charge >= 0.3 is 0 Å². The first-order valence-corrected chi connectivity index (χ1v) is 3.95.